The highest BCUT2D eigenvalue weighted by atomic mass is 16.2. The fraction of sp³-hybridized carbons (Fsp3) is 0.562. The average Bonchev–Trinajstić information content (AvgIpc) is 2.97. The van der Waals surface area contributed by atoms with Gasteiger partial charge in [0.25, 0.3) is 0 Å². The molecule has 4 nitrogen and oxygen atoms in total. The second-order valence-corrected chi connectivity index (χ2v) is 6.33. The van der Waals surface area contributed by atoms with Crippen LogP contribution in [0.1, 0.15) is 12.0 Å². The van der Waals surface area contributed by atoms with E-state index in [1.54, 1.807) is 0 Å². The van der Waals surface area contributed by atoms with E-state index in [0.29, 0.717) is 0 Å². The first-order valence-electron chi connectivity index (χ1n) is 7.65. The molecule has 20 heavy (non-hydrogen) atoms. The molecule has 3 heterocycles. The van der Waals surface area contributed by atoms with Crippen molar-refractivity contribution in [1.29, 1.82) is 0 Å². The molecule has 0 radical (unpaired) electrons. The number of aryl methyl sites for hydroxylation is 1. The summed E-state index contributed by atoms with van der Waals surface area (Å²) in [6, 6.07) is 8.23. The lowest BCUT2D eigenvalue weighted by Gasteiger charge is -2.26. The number of likely N-dealkylation sites (tertiary alicyclic amines) is 1. The zero-order valence-electron chi connectivity index (χ0n) is 11.6. The van der Waals surface area contributed by atoms with E-state index in [2.05, 4.69) is 27.7 Å². The van der Waals surface area contributed by atoms with E-state index in [0.717, 1.165) is 56.5 Å². The van der Waals surface area contributed by atoms with E-state index >= 15 is 0 Å². The molecule has 3 atom stereocenters. The summed E-state index contributed by atoms with van der Waals surface area (Å²) in [4.78, 5) is 14.9. The van der Waals surface area contributed by atoms with Crippen molar-refractivity contribution in [3.8, 4) is 0 Å². The molecule has 0 saturated carbocycles. The van der Waals surface area contributed by atoms with Crippen LogP contribution in [-0.2, 0) is 11.2 Å². The molecule has 106 valence electrons. The van der Waals surface area contributed by atoms with Gasteiger partial charge in [-0.05, 0) is 49.4 Å². The van der Waals surface area contributed by atoms with Crippen LogP contribution in [0.2, 0.25) is 0 Å². The SMILES string of the molecule is O=C1Nc2ccccc2CCC1N1C[C@H]2CNC[C@H]2C1. The Labute approximate surface area is 119 Å². The van der Waals surface area contributed by atoms with Crippen LogP contribution in [0, 0.1) is 11.8 Å². The lowest BCUT2D eigenvalue weighted by atomic mass is 10.0. The molecule has 2 N–H and O–H groups in total. The van der Waals surface area contributed by atoms with Gasteiger partial charge in [-0.15, -0.1) is 0 Å². The maximum atomic E-state index is 12.5. The van der Waals surface area contributed by atoms with Crippen LogP contribution in [0.15, 0.2) is 24.3 Å². The summed E-state index contributed by atoms with van der Waals surface area (Å²) in [5.74, 6) is 1.67. The van der Waals surface area contributed by atoms with Crippen molar-refractivity contribution in [2.45, 2.75) is 18.9 Å². The first-order valence-corrected chi connectivity index (χ1v) is 7.65. The molecule has 1 aromatic rings. The largest absolute Gasteiger partial charge is 0.324 e. The van der Waals surface area contributed by atoms with Gasteiger partial charge in [0.05, 0.1) is 6.04 Å². The third-order valence-electron chi connectivity index (χ3n) is 5.12. The summed E-state index contributed by atoms with van der Waals surface area (Å²) < 4.78 is 0. The van der Waals surface area contributed by atoms with Gasteiger partial charge in [-0.25, -0.2) is 0 Å². The number of benzene rings is 1. The Morgan fingerprint density at radius 2 is 1.85 bits per heavy atom. The van der Waals surface area contributed by atoms with Crippen LogP contribution in [0.5, 0.6) is 0 Å². The highest BCUT2D eigenvalue weighted by Gasteiger charge is 2.41. The monoisotopic (exact) mass is 271 g/mol. The predicted molar refractivity (Wildman–Crippen MR) is 78.6 cm³/mol. The number of carbonyl (C=O) groups excluding carboxylic acids is 1. The summed E-state index contributed by atoms with van der Waals surface area (Å²) in [7, 11) is 0. The zero-order valence-corrected chi connectivity index (χ0v) is 11.6. The van der Waals surface area contributed by atoms with Crippen molar-refractivity contribution in [2.24, 2.45) is 11.8 Å². The van der Waals surface area contributed by atoms with Gasteiger partial charge in [-0.3, -0.25) is 9.69 Å². The summed E-state index contributed by atoms with van der Waals surface area (Å²) in [6.07, 6.45) is 1.93. The van der Waals surface area contributed by atoms with Gasteiger partial charge in [-0.1, -0.05) is 18.2 Å². The number of amides is 1. The van der Waals surface area contributed by atoms with Crippen LogP contribution in [0.25, 0.3) is 0 Å². The number of para-hydroxylation sites is 1. The Morgan fingerprint density at radius 1 is 1.10 bits per heavy atom. The van der Waals surface area contributed by atoms with E-state index in [1.807, 2.05) is 12.1 Å². The Morgan fingerprint density at radius 3 is 2.65 bits per heavy atom. The van der Waals surface area contributed by atoms with E-state index < -0.39 is 0 Å². The number of nitrogens with one attached hydrogen (secondary N) is 2. The first kappa shape index (κ1) is 12.4. The molecule has 0 spiro atoms. The summed E-state index contributed by atoms with van der Waals surface area (Å²) in [5, 5.41) is 6.58. The summed E-state index contributed by atoms with van der Waals surface area (Å²) in [5.41, 5.74) is 2.27. The molecule has 4 heteroatoms. The van der Waals surface area contributed by atoms with Crippen LogP contribution in [-0.4, -0.2) is 43.0 Å². The van der Waals surface area contributed by atoms with Gasteiger partial charge < -0.3 is 10.6 Å². The fourth-order valence-electron chi connectivity index (χ4n) is 3.99. The molecular weight excluding hydrogens is 250 g/mol. The predicted octanol–water partition coefficient (Wildman–Crippen LogP) is 1.09. The van der Waals surface area contributed by atoms with Crippen molar-refractivity contribution < 1.29 is 4.79 Å². The molecule has 3 aliphatic heterocycles. The summed E-state index contributed by atoms with van der Waals surface area (Å²) in [6.45, 7) is 4.39. The summed E-state index contributed by atoms with van der Waals surface area (Å²) >= 11 is 0. The van der Waals surface area contributed by atoms with Crippen molar-refractivity contribution in [1.82, 2.24) is 10.2 Å². The highest BCUT2D eigenvalue weighted by molar-refractivity contribution is 5.96. The molecule has 1 amide bonds. The second kappa shape index (κ2) is 4.86. The van der Waals surface area contributed by atoms with Crippen molar-refractivity contribution in [3.05, 3.63) is 29.8 Å². The molecular formula is C16H21N3O. The molecule has 0 aliphatic carbocycles. The lowest BCUT2D eigenvalue weighted by Crippen LogP contribution is -2.43. The molecule has 4 rings (SSSR count). The van der Waals surface area contributed by atoms with Gasteiger partial charge in [0.2, 0.25) is 5.91 Å². The fourth-order valence-corrected chi connectivity index (χ4v) is 3.99. The Hall–Kier alpha value is -1.39. The quantitative estimate of drug-likeness (QED) is 0.804. The molecule has 0 aromatic heterocycles. The zero-order chi connectivity index (χ0) is 13.5. The number of anilines is 1. The van der Waals surface area contributed by atoms with E-state index in [4.69, 9.17) is 0 Å². The standard InChI is InChI=1S/C16H21N3O/c20-16-15(19-9-12-7-17-8-13(12)10-19)6-5-11-3-1-2-4-14(11)18-16/h1-4,12-13,15,17H,5-10H2,(H,18,20)/t12-,13+,15?. The Balaban J connectivity index is 1.52. The minimum absolute atomic E-state index is 0.0491. The molecule has 1 unspecified atom stereocenters. The van der Waals surface area contributed by atoms with E-state index in [1.165, 1.54) is 5.56 Å². The van der Waals surface area contributed by atoms with Crippen molar-refractivity contribution in [2.75, 3.05) is 31.5 Å². The maximum Gasteiger partial charge on any atom is 0.241 e. The van der Waals surface area contributed by atoms with Crippen LogP contribution >= 0.6 is 0 Å². The Kier molecular flexibility index (Phi) is 3.00. The smallest absolute Gasteiger partial charge is 0.241 e. The van der Waals surface area contributed by atoms with E-state index in [-0.39, 0.29) is 11.9 Å². The van der Waals surface area contributed by atoms with Crippen LogP contribution < -0.4 is 10.6 Å². The topological polar surface area (TPSA) is 44.4 Å². The number of fused-ring (bicyclic) bond motifs is 2. The Bertz CT molecular complexity index is 518. The van der Waals surface area contributed by atoms with Crippen molar-refractivity contribution in [3.63, 3.8) is 0 Å². The molecule has 1 aromatic carbocycles. The maximum absolute atomic E-state index is 12.5. The molecule has 2 fully saturated rings. The number of hydrogen-bond acceptors (Lipinski definition) is 3. The van der Waals surface area contributed by atoms with Gasteiger partial charge in [-0.2, -0.15) is 0 Å². The van der Waals surface area contributed by atoms with Crippen LogP contribution in [0.4, 0.5) is 5.69 Å². The third kappa shape index (κ3) is 2.03. The van der Waals surface area contributed by atoms with E-state index in [9.17, 15) is 4.79 Å². The van der Waals surface area contributed by atoms with Crippen molar-refractivity contribution >= 4 is 11.6 Å². The minimum Gasteiger partial charge on any atom is -0.324 e. The third-order valence-corrected chi connectivity index (χ3v) is 5.12. The molecule has 0 bridgehead atoms. The number of hydrogen-bond donors (Lipinski definition) is 2. The average molecular weight is 271 g/mol. The van der Waals surface area contributed by atoms with Gasteiger partial charge in [0.15, 0.2) is 0 Å². The number of rotatable bonds is 1. The number of carbonyl (C=O) groups is 1. The van der Waals surface area contributed by atoms with Crippen LogP contribution in [0.3, 0.4) is 0 Å². The minimum atomic E-state index is 0.0491. The highest BCUT2D eigenvalue weighted by Crippen LogP contribution is 2.31. The normalized spacial score (nSPS) is 33.4. The molecule has 2 saturated heterocycles. The first-order chi connectivity index (χ1) is 9.81. The van der Waals surface area contributed by atoms with Gasteiger partial charge >= 0.3 is 0 Å². The molecule has 3 aliphatic rings. The van der Waals surface area contributed by atoms with Gasteiger partial charge in [0.1, 0.15) is 0 Å². The lowest BCUT2D eigenvalue weighted by molar-refractivity contribution is -0.121. The second-order valence-electron chi connectivity index (χ2n) is 6.33. The number of nitrogens with zero attached hydrogens (tertiary/aromatic N) is 1. The van der Waals surface area contributed by atoms with Gasteiger partial charge in [0, 0.05) is 18.8 Å².